The molecule has 4 aromatic rings. The Morgan fingerprint density at radius 3 is 3.04 bits per heavy atom. The molecule has 0 spiro atoms. The van der Waals surface area contributed by atoms with Crippen LogP contribution >= 0.6 is 11.3 Å². The van der Waals surface area contributed by atoms with Crippen LogP contribution in [-0.4, -0.2) is 45.2 Å². The second kappa shape index (κ2) is 6.30. The van der Waals surface area contributed by atoms with Crippen molar-refractivity contribution in [3.63, 3.8) is 0 Å². The molecule has 0 fully saturated rings. The fourth-order valence-electron chi connectivity index (χ4n) is 3.64. The topological polar surface area (TPSA) is 72.4 Å². The number of nitrogens with one attached hydrogen (secondary N) is 2. The summed E-state index contributed by atoms with van der Waals surface area (Å²) in [5.74, 6) is 1.47. The van der Waals surface area contributed by atoms with Crippen LogP contribution in [0.1, 0.15) is 16.0 Å². The van der Waals surface area contributed by atoms with Gasteiger partial charge in [0.2, 0.25) is 0 Å². The number of quaternary nitrogens is 1. The van der Waals surface area contributed by atoms with Crippen LogP contribution < -0.4 is 10.2 Å². The smallest absolute Gasteiger partial charge is 0.276 e. The number of hydrogen-bond acceptors (Lipinski definition) is 6. The van der Waals surface area contributed by atoms with E-state index < -0.39 is 0 Å². The summed E-state index contributed by atoms with van der Waals surface area (Å²) in [6, 6.07) is 10.5. The lowest BCUT2D eigenvalue weighted by atomic mass is 10.1. The summed E-state index contributed by atoms with van der Waals surface area (Å²) >= 11 is 1.80. The largest absolute Gasteiger partial charge is 0.369 e. The number of rotatable bonds is 4. The Bertz CT molecular complexity index is 1070. The molecule has 8 heteroatoms. The minimum absolute atomic E-state index is 0.555. The van der Waals surface area contributed by atoms with Gasteiger partial charge in [0, 0.05) is 13.0 Å². The van der Waals surface area contributed by atoms with Gasteiger partial charge in [0.15, 0.2) is 0 Å². The zero-order chi connectivity index (χ0) is 17.5. The average Bonchev–Trinajstić information content (AvgIpc) is 3.26. The van der Waals surface area contributed by atoms with E-state index in [1.807, 2.05) is 6.07 Å². The van der Waals surface area contributed by atoms with E-state index in [1.165, 1.54) is 21.4 Å². The summed E-state index contributed by atoms with van der Waals surface area (Å²) in [7, 11) is 2.25. The fourth-order valence-corrected chi connectivity index (χ4v) is 5.04. The van der Waals surface area contributed by atoms with Crippen molar-refractivity contribution in [3.8, 4) is 0 Å². The molecule has 5 rings (SSSR count). The highest BCUT2D eigenvalue weighted by molar-refractivity contribution is 7.19. The van der Waals surface area contributed by atoms with E-state index in [1.54, 1.807) is 20.8 Å². The van der Waals surface area contributed by atoms with E-state index >= 15 is 0 Å². The Labute approximate surface area is 154 Å². The number of hydrogen-bond donors (Lipinski definition) is 2. The molecular weight excluding hydrogens is 346 g/mol. The van der Waals surface area contributed by atoms with Gasteiger partial charge >= 0.3 is 0 Å². The van der Waals surface area contributed by atoms with Crippen LogP contribution in [0.15, 0.2) is 30.3 Å². The van der Waals surface area contributed by atoms with Crippen molar-refractivity contribution in [2.45, 2.75) is 19.4 Å². The first kappa shape index (κ1) is 15.7. The molecule has 0 bridgehead atoms. The lowest BCUT2D eigenvalue weighted by Crippen LogP contribution is -3.08. The average molecular weight is 366 g/mol. The van der Waals surface area contributed by atoms with Gasteiger partial charge in [0.05, 0.1) is 23.9 Å². The molecule has 0 radical (unpaired) electrons. The van der Waals surface area contributed by atoms with Crippen molar-refractivity contribution in [2.75, 3.05) is 25.5 Å². The van der Waals surface area contributed by atoms with Crippen molar-refractivity contribution >= 4 is 33.1 Å². The lowest BCUT2D eigenvalue weighted by molar-refractivity contribution is -0.895. The molecule has 0 saturated heterocycles. The molecule has 3 aromatic heterocycles. The summed E-state index contributed by atoms with van der Waals surface area (Å²) in [5, 5.41) is 16.8. The van der Waals surface area contributed by atoms with E-state index in [4.69, 9.17) is 4.98 Å². The van der Waals surface area contributed by atoms with E-state index in [0.29, 0.717) is 5.78 Å². The van der Waals surface area contributed by atoms with E-state index in [0.717, 1.165) is 43.1 Å². The van der Waals surface area contributed by atoms with E-state index in [9.17, 15) is 0 Å². The molecule has 0 saturated carbocycles. The Morgan fingerprint density at radius 2 is 2.15 bits per heavy atom. The monoisotopic (exact) mass is 366 g/mol. The molecule has 1 aliphatic rings. The zero-order valence-corrected chi connectivity index (χ0v) is 15.4. The number of nitrogens with zero attached hydrogens (tertiary/aromatic N) is 5. The summed E-state index contributed by atoms with van der Waals surface area (Å²) in [5.41, 5.74) is 2.74. The van der Waals surface area contributed by atoms with Gasteiger partial charge in [-0.25, -0.2) is 0 Å². The van der Waals surface area contributed by atoms with Gasteiger partial charge in [-0.3, -0.25) is 0 Å². The molecule has 7 nitrogen and oxygen atoms in total. The Hall–Kier alpha value is -2.58. The van der Waals surface area contributed by atoms with E-state index in [-0.39, 0.29) is 0 Å². The Morgan fingerprint density at radius 1 is 1.27 bits per heavy atom. The van der Waals surface area contributed by atoms with Gasteiger partial charge in [-0.2, -0.15) is 9.50 Å². The minimum atomic E-state index is 0.555. The molecule has 132 valence electrons. The molecule has 1 unspecified atom stereocenters. The summed E-state index contributed by atoms with van der Waals surface area (Å²) in [6.45, 7) is 3.04. The number of thiophene rings is 1. The van der Waals surface area contributed by atoms with Gasteiger partial charge in [0.25, 0.3) is 5.78 Å². The van der Waals surface area contributed by atoms with Crippen LogP contribution in [0.25, 0.3) is 16.0 Å². The van der Waals surface area contributed by atoms with Crippen LogP contribution in [0.4, 0.5) is 5.82 Å². The maximum Gasteiger partial charge on any atom is 0.276 e. The van der Waals surface area contributed by atoms with Crippen molar-refractivity contribution in [3.05, 3.63) is 46.3 Å². The van der Waals surface area contributed by atoms with Crippen molar-refractivity contribution < 1.29 is 4.90 Å². The van der Waals surface area contributed by atoms with Crippen LogP contribution in [0.3, 0.4) is 0 Å². The number of fused-ring (bicyclic) bond motifs is 5. The molecule has 1 aromatic carbocycles. The molecule has 1 atom stereocenters. The maximum atomic E-state index is 4.71. The van der Waals surface area contributed by atoms with E-state index in [2.05, 4.69) is 52.2 Å². The number of anilines is 1. The van der Waals surface area contributed by atoms with Gasteiger partial charge in [0.1, 0.15) is 17.2 Å². The number of benzene rings is 1. The third-order valence-corrected chi connectivity index (χ3v) is 6.19. The third-order valence-electron chi connectivity index (χ3n) is 4.98. The Kier molecular flexibility index (Phi) is 3.79. The number of aromatic nitrogens is 5. The molecule has 2 N–H and O–H groups in total. The van der Waals surface area contributed by atoms with Crippen LogP contribution in [-0.2, 0) is 19.4 Å². The molecule has 1 aliphatic heterocycles. The van der Waals surface area contributed by atoms with Crippen LogP contribution in [0.5, 0.6) is 0 Å². The number of tetrazole rings is 1. The first-order valence-corrected chi connectivity index (χ1v) is 9.72. The third kappa shape index (κ3) is 2.62. The maximum absolute atomic E-state index is 4.71. The molecule has 4 heterocycles. The molecule has 26 heavy (non-hydrogen) atoms. The van der Waals surface area contributed by atoms with Crippen LogP contribution in [0, 0.1) is 0 Å². The van der Waals surface area contributed by atoms with Crippen molar-refractivity contribution in [2.24, 2.45) is 0 Å². The van der Waals surface area contributed by atoms with Gasteiger partial charge in [-0.1, -0.05) is 35.4 Å². The molecular formula is C18H20N7S+. The lowest BCUT2D eigenvalue weighted by Gasteiger charge is -2.19. The second-order valence-electron chi connectivity index (χ2n) is 6.83. The van der Waals surface area contributed by atoms with Gasteiger partial charge in [-0.05, 0) is 28.0 Å². The first-order valence-electron chi connectivity index (χ1n) is 8.91. The second-order valence-corrected chi connectivity index (χ2v) is 7.91. The highest BCUT2D eigenvalue weighted by Crippen LogP contribution is 2.36. The van der Waals surface area contributed by atoms with Crippen molar-refractivity contribution in [1.82, 2.24) is 25.0 Å². The summed E-state index contributed by atoms with van der Waals surface area (Å²) < 4.78 is 1.77. The highest BCUT2D eigenvalue weighted by Gasteiger charge is 2.26. The summed E-state index contributed by atoms with van der Waals surface area (Å²) in [6.07, 6.45) is 2.03. The standard InChI is InChI=1S/C18H19N7S/c1-24-10-8-13-14(11-24)26-17-15(13)16(20-18-21-22-23-25(17)18)19-9-7-12-5-3-2-4-6-12/h2-6H,7-11H2,1H3,(H,19,20,21,23)/p+1. The molecule has 0 amide bonds. The number of likely N-dealkylation sites (N-methyl/N-ethyl adjacent to an activating group) is 1. The quantitative estimate of drug-likeness (QED) is 0.563. The predicted octanol–water partition coefficient (Wildman–Crippen LogP) is 0.959. The van der Waals surface area contributed by atoms with Gasteiger partial charge in [-0.15, -0.1) is 11.3 Å². The first-order chi connectivity index (χ1) is 12.8. The summed E-state index contributed by atoms with van der Waals surface area (Å²) in [4.78, 5) is 8.78. The normalized spacial score (nSPS) is 16.9. The van der Waals surface area contributed by atoms with Crippen molar-refractivity contribution in [1.29, 1.82) is 0 Å². The fraction of sp³-hybridized carbons (Fsp3) is 0.333. The minimum Gasteiger partial charge on any atom is -0.369 e. The van der Waals surface area contributed by atoms with Crippen LogP contribution in [0.2, 0.25) is 0 Å². The SMILES string of the molecule is C[NH+]1CCc2c(sc3c2c(NCCc2ccccc2)nc2nnnn23)C1. The highest BCUT2D eigenvalue weighted by atomic mass is 32.1. The Balaban J connectivity index is 1.54. The van der Waals surface area contributed by atoms with Gasteiger partial charge < -0.3 is 10.2 Å². The zero-order valence-electron chi connectivity index (χ0n) is 14.6. The molecule has 0 aliphatic carbocycles. The predicted molar refractivity (Wildman–Crippen MR) is 102 cm³/mol.